The van der Waals surface area contributed by atoms with Crippen molar-refractivity contribution < 1.29 is 18.5 Å². The maximum Gasteiger partial charge on any atom is 0.296 e. The van der Waals surface area contributed by atoms with Crippen LogP contribution in [0.15, 0.2) is 12.1 Å². The fraction of sp³-hybridized carbons (Fsp3) is 0.417. The number of amides is 1. The highest BCUT2D eigenvalue weighted by atomic mass is 19.2. The highest BCUT2D eigenvalue weighted by Crippen LogP contribution is 2.30. The van der Waals surface area contributed by atoms with Gasteiger partial charge in [-0.15, -0.1) is 0 Å². The Kier molecular flexibility index (Phi) is 3.93. The monoisotopic (exact) mass is 285 g/mol. The van der Waals surface area contributed by atoms with E-state index in [1.807, 2.05) is 0 Å². The number of nitrogens with one attached hydrogen (secondary N) is 2. The summed E-state index contributed by atoms with van der Waals surface area (Å²) < 4.78 is 26.8. The van der Waals surface area contributed by atoms with E-state index in [0.29, 0.717) is 19.2 Å². The zero-order valence-corrected chi connectivity index (χ0v) is 10.7. The van der Waals surface area contributed by atoms with Gasteiger partial charge in [0.15, 0.2) is 17.3 Å². The highest BCUT2D eigenvalue weighted by molar-refractivity contribution is 5.94. The number of carbonyl (C=O) groups excluding carboxylic acids is 1. The summed E-state index contributed by atoms with van der Waals surface area (Å²) >= 11 is 0. The van der Waals surface area contributed by atoms with Crippen molar-refractivity contribution in [1.82, 2.24) is 5.32 Å². The van der Waals surface area contributed by atoms with Crippen LogP contribution in [0.25, 0.3) is 0 Å². The number of benzene rings is 1. The number of hydrogen-bond donors (Lipinski definition) is 2. The molecule has 0 aliphatic carbocycles. The van der Waals surface area contributed by atoms with Crippen molar-refractivity contribution in [1.29, 1.82) is 0 Å². The van der Waals surface area contributed by atoms with Crippen LogP contribution in [0.3, 0.4) is 0 Å². The van der Waals surface area contributed by atoms with Crippen LogP contribution >= 0.6 is 0 Å². The Balaban J connectivity index is 2.25. The van der Waals surface area contributed by atoms with Crippen molar-refractivity contribution >= 4 is 17.3 Å². The second kappa shape index (κ2) is 5.49. The molecule has 1 saturated heterocycles. The summed E-state index contributed by atoms with van der Waals surface area (Å²) in [6, 6.07) is 1.48. The lowest BCUT2D eigenvalue weighted by molar-refractivity contribution is -0.384. The number of anilines is 1. The Bertz CT molecular complexity index is 561. The molecular weight excluding hydrogens is 272 g/mol. The Morgan fingerprint density at radius 1 is 1.50 bits per heavy atom. The fourth-order valence-corrected chi connectivity index (χ4v) is 1.93. The second-order valence-corrected chi connectivity index (χ2v) is 4.71. The lowest BCUT2D eigenvalue weighted by Gasteiger charge is -2.31. The van der Waals surface area contributed by atoms with E-state index in [0.717, 1.165) is 6.07 Å². The first kappa shape index (κ1) is 14.3. The van der Waals surface area contributed by atoms with E-state index in [2.05, 4.69) is 10.6 Å². The normalized spacial score (nSPS) is 16.4. The molecule has 6 nitrogen and oxygen atoms in total. The number of nitro groups is 1. The van der Waals surface area contributed by atoms with Gasteiger partial charge in [0.1, 0.15) is 0 Å². The molecule has 0 spiro atoms. The highest BCUT2D eigenvalue weighted by Gasteiger charge is 2.31. The van der Waals surface area contributed by atoms with Gasteiger partial charge < -0.3 is 10.6 Å². The first-order valence-electron chi connectivity index (χ1n) is 6.05. The van der Waals surface area contributed by atoms with Crippen molar-refractivity contribution in [3.8, 4) is 0 Å². The Labute approximate surface area is 113 Å². The van der Waals surface area contributed by atoms with Crippen LogP contribution < -0.4 is 10.6 Å². The lowest BCUT2D eigenvalue weighted by atomic mass is 9.88. The average Bonchev–Trinajstić information content (AvgIpc) is 2.32. The first-order valence-corrected chi connectivity index (χ1v) is 6.05. The Hall–Kier alpha value is -2.09. The molecule has 1 heterocycles. The van der Waals surface area contributed by atoms with Crippen LogP contribution in [-0.2, 0) is 4.79 Å². The summed E-state index contributed by atoms with van der Waals surface area (Å²) in [7, 11) is 0. The van der Waals surface area contributed by atoms with Crippen molar-refractivity contribution in [3.63, 3.8) is 0 Å². The number of nitro benzene ring substituents is 1. The zero-order valence-electron chi connectivity index (χ0n) is 10.7. The van der Waals surface area contributed by atoms with Gasteiger partial charge in [-0.25, -0.2) is 8.78 Å². The third-order valence-corrected chi connectivity index (χ3v) is 3.45. The minimum Gasteiger partial charge on any atom is -0.318 e. The predicted molar refractivity (Wildman–Crippen MR) is 67.2 cm³/mol. The zero-order chi connectivity index (χ0) is 14.9. The first-order chi connectivity index (χ1) is 9.41. The predicted octanol–water partition coefficient (Wildman–Crippen LogP) is 1.67. The van der Waals surface area contributed by atoms with Gasteiger partial charge in [0.2, 0.25) is 5.91 Å². The standard InChI is InChI=1S/C12H13F2N3O3/c1-6(7-4-15-5-7)12(18)16-11-9(17(19)20)3-2-8(13)10(11)14/h2-3,6-7,15H,4-5H2,1H3,(H,16,18). The van der Waals surface area contributed by atoms with Gasteiger partial charge in [-0.2, -0.15) is 0 Å². The van der Waals surface area contributed by atoms with E-state index in [-0.39, 0.29) is 5.92 Å². The molecule has 1 aromatic rings. The van der Waals surface area contributed by atoms with E-state index < -0.39 is 39.8 Å². The molecule has 1 aromatic carbocycles. The van der Waals surface area contributed by atoms with Gasteiger partial charge in [-0.1, -0.05) is 6.92 Å². The van der Waals surface area contributed by atoms with E-state index in [9.17, 15) is 23.7 Å². The van der Waals surface area contributed by atoms with Gasteiger partial charge in [0, 0.05) is 12.0 Å². The summed E-state index contributed by atoms with van der Waals surface area (Å²) in [6.45, 7) is 2.95. The Morgan fingerprint density at radius 2 is 2.15 bits per heavy atom. The second-order valence-electron chi connectivity index (χ2n) is 4.71. The van der Waals surface area contributed by atoms with Gasteiger partial charge in [0.25, 0.3) is 5.69 Å². The maximum absolute atomic E-state index is 13.6. The summed E-state index contributed by atoms with van der Waals surface area (Å²) in [4.78, 5) is 21.9. The number of halogens is 2. The average molecular weight is 285 g/mol. The van der Waals surface area contributed by atoms with Crippen LogP contribution in [0.2, 0.25) is 0 Å². The van der Waals surface area contributed by atoms with E-state index in [1.54, 1.807) is 6.92 Å². The van der Waals surface area contributed by atoms with Gasteiger partial charge in [-0.3, -0.25) is 14.9 Å². The molecule has 1 aliphatic heterocycles. The van der Waals surface area contributed by atoms with Crippen LogP contribution in [0, 0.1) is 33.6 Å². The fourth-order valence-electron chi connectivity index (χ4n) is 1.93. The molecular formula is C12H13F2N3O3. The topological polar surface area (TPSA) is 84.3 Å². The number of nitrogens with zero attached hydrogens (tertiary/aromatic N) is 1. The third-order valence-electron chi connectivity index (χ3n) is 3.45. The number of hydrogen-bond acceptors (Lipinski definition) is 4. The molecule has 0 radical (unpaired) electrons. The van der Waals surface area contributed by atoms with Crippen molar-refractivity contribution in [2.75, 3.05) is 18.4 Å². The van der Waals surface area contributed by atoms with E-state index in [1.165, 1.54) is 0 Å². The quantitative estimate of drug-likeness (QED) is 0.651. The van der Waals surface area contributed by atoms with E-state index in [4.69, 9.17) is 0 Å². The molecule has 2 N–H and O–H groups in total. The van der Waals surface area contributed by atoms with Crippen molar-refractivity contribution in [2.45, 2.75) is 6.92 Å². The molecule has 8 heteroatoms. The molecule has 1 fully saturated rings. The molecule has 1 unspecified atom stereocenters. The molecule has 2 rings (SSSR count). The molecule has 1 atom stereocenters. The maximum atomic E-state index is 13.6. The molecule has 0 aromatic heterocycles. The SMILES string of the molecule is CC(C(=O)Nc1c([N+](=O)[O-])ccc(F)c1F)C1CNC1. The summed E-state index contributed by atoms with van der Waals surface area (Å²) in [5, 5.41) is 15.9. The van der Waals surface area contributed by atoms with Gasteiger partial charge >= 0.3 is 0 Å². The summed E-state index contributed by atoms with van der Waals surface area (Å²) in [5.74, 6) is -3.59. The molecule has 0 bridgehead atoms. The van der Waals surface area contributed by atoms with Crippen molar-refractivity contribution in [2.24, 2.45) is 11.8 Å². The molecule has 1 aliphatic rings. The van der Waals surface area contributed by atoms with Crippen LogP contribution in [0.1, 0.15) is 6.92 Å². The summed E-state index contributed by atoms with van der Waals surface area (Å²) in [5.41, 5.74) is -1.39. The largest absolute Gasteiger partial charge is 0.318 e. The van der Waals surface area contributed by atoms with Crippen LogP contribution in [0.4, 0.5) is 20.2 Å². The molecule has 108 valence electrons. The van der Waals surface area contributed by atoms with E-state index >= 15 is 0 Å². The van der Waals surface area contributed by atoms with Gasteiger partial charge in [0.05, 0.1) is 4.92 Å². The number of rotatable bonds is 4. The minimum absolute atomic E-state index is 0.0886. The molecule has 1 amide bonds. The minimum atomic E-state index is -1.42. The van der Waals surface area contributed by atoms with Crippen LogP contribution in [-0.4, -0.2) is 23.9 Å². The van der Waals surface area contributed by atoms with Crippen LogP contribution in [0.5, 0.6) is 0 Å². The molecule has 20 heavy (non-hydrogen) atoms. The van der Waals surface area contributed by atoms with Gasteiger partial charge in [-0.05, 0) is 25.1 Å². The summed E-state index contributed by atoms with van der Waals surface area (Å²) in [6.07, 6.45) is 0. The van der Waals surface area contributed by atoms with Crippen molar-refractivity contribution in [3.05, 3.63) is 33.9 Å². The number of carbonyl (C=O) groups is 1. The lowest BCUT2D eigenvalue weighted by Crippen LogP contribution is -2.48. The molecule has 0 saturated carbocycles. The Morgan fingerprint density at radius 3 is 2.65 bits per heavy atom. The third kappa shape index (κ3) is 2.60. The smallest absolute Gasteiger partial charge is 0.296 e.